The predicted molar refractivity (Wildman–Crippen MR) is 148 cm³/mol. The lowest BCUT2D eigenvalue weighted by Gasteiger charge is -2.30. The summed E-state index contributed by atoms with van der Waals surface area (Å²) in [7, 11) is 0. The minimum atomic E-state index is -1.21. The lowest BCUT2D eigenvalue weighted by atomic mass is 9.81. The molecule has 4 aromatic carbocycles. The normalized spacial score (nSPS) is 11.8. The van der Waals surface area contributed by atoms with Crippen molar-refractivity contribution in [2.75, 3.05) is 0 Å². The fourth-order valence-corrected chi connectivity index (χ4v) is 5.02. The molecule has 0 aliphatic rings. The molecule has 0 spiro atoms. The molecule has 0 unspecified atom stereocenters. The molecular weight excluding hydrogens is 454 g/mol. The Hall–Kier alpha value is -4.05. The Kier molecular flexibility index (Phi) is 7.27. The lowest BCUT2D eigenvalue weighted by molar-refractivity contribution is 0.0707. The van der Waals surface area contributed by atoms with E-state index in [0.717, 1.165) is 33.6 Å². The van der Waals surface area contributed by atoms with Crippen molar-refractivity contribution in [3.8, 4) is 0 Å². The molecule has 2 N–H and O–H groups in total. The van der Waals surface area contributed by atoms with Gasteiger partial charge in [0.15, 0.2) is 0 Å². The van der Waals surface area contributed by atoms with Crippen LogP contribution < -0.4 is 0 Å². The zero-order chi connectivity index (χ0) is 25.6. The van der Waals surface area contributed by atoms with Gasteiger partial charge in [-0.1, -0.05) is 127 Å². The molecule has 0 radical (unpaired) electrons. The van der Waals surface area contributed by atoms with Crippen molar-refractivity contribution < 1.29 is 10.2 Å². The molecular formula is C34H31NO2. The van der Waals surface area contributed by atoms with Crippen LogP contribution in [0.25, 0.3) is 0 Å². The Balaban J connectivity index is 1.43. The van der Waals surface area contributed by atoms with Crippen LogP contribution in [0.2, 0.25) is 0 Å². The molecule has 1 heterocycles. The molecule has 5 aromatic rings. The maximum atomic E-state index is 12.0. The van der Waals surface area contributed by atoms with E-state index in [0.29, 0.717) is 19.3 Å². The summed E-state index contributed by atoms with van der Waals surface area (Å²) in [6.45, 7) is 0. The summed E-state index contributed by atoms with van der Waals surface area (Å²) in [4.78, 5) is 4.93. The first kappa shape index (κ1) is 24.6. The highest BCUT2D eigenvalue weighted by Crippen LogP contribution is 2.35. The molecule has 0 fully saturated rings. The quantitative estimate of drug-likeness (QED) is 0.253. The number of benzene rings is 4. The molecule has 0 aliphatic carbocycles. The number of hydrogen-bond acceptors (Lipinski definition) is 3. The fraction of sp³-hybridized carbons (Fsp3) is 0.147. The fourth-order valence-electron chi connectivity index (χ4n) is 5.02. The van der Waals surface area contributed by atoms with Gasteiger partial charge in [0.2, 0.25) is 0 Å². The summed E-state index contributed by atoms with van der Waals surface area (Å²) in [5.41, 5.74) is 2.73. The van der Waals surface area contributed by atoms with Gasteiger partial charge in [-0.25, -0.2) is 0 Å². The van der Waals surface area contributed by atoms with Crippen LogP contribution in [0.15, 0.2) is 140 Å². The van der Waals surface area contributed by atoms with Crippen molar-refractivity contribution >= 4 is 0 Å². The van der Waals surface area contributed by atoms with E-state index in [1.165, 1.54) is 0 Å². The Morgan fingerprint density at radius 1 is 0.432 bits per heavy atom. The van der Waals surface area contributed by atoms with Crippen LogP contribution >= 0.6 is 0 Å². The second kappa shape index (κ2) is 10.9. The Labute approximate surface area is 218 Å². The van der Waals surface area contributed by atoms with Gasteiger partial charge in [-0.05, 0) is 47.2 Å². The largest absolute Gasteiger partial charge is 0.380 e. The molecule has 1 aromatic heterocycles. The maximum absolute atomic E-state index is 12.0. The Morgan fingerprint density at radius 2 is 0.811 bits per heavy atom. The molecule has 184 valence electrons. The molecule has 5 rings (SSSR count). The molecule has 0 aliphatic heterocycles. The van der Waals surface area contributed by atoms with Crippen molar-refractivity contribution in [3.63, 3.8) is 0 Å². The zero-order valence-electron chi connectivity index (χ0n) is 20.7. The smallest absolute Gasteiger partial charge is 0.120 e. The van der Waals surface area contributed by atoms with Gasteiger partial charge in [-0.15, -0.1) is 0 Å². The molecule has 0 saturated heterocycles. The highest BCUT2D eigenvalue weighted by molar-refractivity contribution is 5.38. The van der Waals surface area contributed by atoms with Gasteiger partial charge in [-0.3, -0.25) is 4.98 Å². The average molecular weight is 486 g/mol. The van der Waals surface area contributed by atoms with Gasteiger partial charge in [0.05, 0.1) is 0 Å². The number of hydrogen-bond donors (Lipinski definition) is 2. The van der Waals surface area contributed by atoms with Crippen LogP contribution in [0.5, 0.6) is 0 Å². The second-order valence-electron chi connectivity index (χ2n) is 9.48. The van der Waals surface area contributed by atoms with Crippen molar-refractivity contribution in [1.29, 1.82) is 0 Å². The Morgan fingerprint density at radius 3 is 1.24 bits per heavy atom. The molecule has 0 saturated carbocycles. The topological polar surface area (TPSA) is 53.4 Å². The van der Waals surface area contributed by atoms with Gasteiger partial charge in [-0.2, -0.15) is 0 Å². The predicted octanol–water partition coefficient (Wildman–Crippen LogP) is 6.43. The number of aromatic nitrogens is 1. The minimum absolute atomic E-state index is 0.344. The monoisotopic (exact) mass is 485 g/mol. The van der Waals surface area contributed by atoms with Crippen LogP contribution in [0, 0.1) is 0 Å². The van der Waals surface area contributed by atoms with Crippen molar-refractivity contribution in [2.45, 2.75) is 30.5 Å². The van der Waals surface area contributed by atoms with Crippen LogP contribution in [0.4, 0.5) is 0 Å². The van der Waals surface area contributed by atoms with Gasteiger partial charge < -0.3 is 10.2 Å². The summed E-state index contributed by atoms with van der Waals surface area (Å²) in [6.07, 6.45) is 1.42. The summed E-state index contributed by atoms with van der Waals surface area (Å²) in [5.74, 6) is 0. The van der Waals surface area contributed by atoms with E-state index in [1.807, 2.05) is 140 Å². The van der Waals surface area contributed by atoms with E-state index in [1.54, 1.807) is 0 Å². The first-order valence-electron chi connectivity index (χ1n) is 12.7. The van der Waals surface area contributed by atoms with E-state index in [2.05, 4.69) is 0 Å². The number of rotatable bonds is 9. The van der Waals surface area contributed by atoms with Crippen LogP contribution in [0.1, 0.15) is 40.1 Å². The molecule has 0 bridgehead atoms. The van der Waals surface area contributed by atoms with E-state index in [-0.39, 0.29) is 0 Å². The standard InChI is InChI=1S/C34H31NO2/c36-33(27-14-5-1-6-15-27,28-16-7-2-8-17-28)25-24-31-22-13-23-32(35-31)26-34(37,29-18-9-3-10-19-29)30-20-11-4-12-21-30/h1-23,36-37H,24-26H2. The van der Waals surface area contributed by atoms with Gasteiger partial charge in [0, 0.05) is 17.8 Å². The van der Waals surface area contributed by atoms with Crippen molar-refractivity contribution in [3.05, 3.63) is 173 Å². The number of aliphatic hydroxyl groups is 2. The van der Waals surface area contributed by atoms with Crippen LogP contribution in [0.3, 0.4) is 0 Å². The van der Waals surface area contributed by atoms with Crippen LogP contribution in [-0.4, -0.2) is 15.2 Å². The minimum Gasteiger partial charge on any atom is -0.380 e. The third-order valence-corrected chi connectivity index (χ3v) is 7.05. The summed E-state index contributed by atoms with van der Waals surface area (Å²) < 4.78 is 0. The first-order valence-corrected chi connectivity index (χ1v) is 12.7. The third-order valence-electron chi connectivity index (χ3n) is 7.05. The van der Waals surface area contributed by atoms with Crippen molar-refractivity contribution in [2.24, 2.45) is 0 Å². The van der Waals surface area contributed by atoms with Gasteiger partial charge in [0.1, 0.15) is 11.2 Å². The summed E-state index contributed by atoms with van der Waals surface area (Å²) in [5, 5.41) is 23.9. The molecule has 3 heteroatoms. The maximum Gasteiger partial charge on any atom is 0.120 e. The number of aryl methyl sites for hydroxylation is 1. The van der Waals surface area contributed by atoms with E-state index < -0.39 is 11.2 Å². The van der Waals surface area contributed by atoms with Crippen molar-refractivity contribution in [1.82, 2.24) is 4.98 Å². The SMILES string of the molecule is OC(CCc1cccc(CC(O)(c2ccccc2)c2ccccc2)n1)(c1ccccc1)c1ccccc1. The lowest BCUT2D eigenvalue weighted by Crippen LogP contribution is -2.30. The molecule has 0 atom stereocenters. The average Bonchev–Trinajstić information content (AvgIpc) is 2.98. The zero-order valence-corrected chi connectivity index (χ0v) is 20.7. The third kappa shape index (κ3) is 5.39. The molecule has 3 nitrogen and oxygen atoms in total. The van der Waals surface area contributed by atoms with Crippen LogP contribution in [-0.2, 0) is 24.0 Å². The number of nitrogens with zero attached hydrogens (tertiary/aromatic N) is 1. The number of pyridine rings is 1. The van der Waals surface area contributed by atoms with E-state index in [9.17, 15) is 10.2 Å². The summed E-state index contributed by atoms with van der Waals surface area (Å²) >= 11 is 0. The highest BCUT2D eigenvalue weighted by Gasteiger charge is 2.33. The van der Waals surface area contributed by atoms with Gasteiger partial charge >= 0.3 is 0 Å². The van der Waals surface area contributed by atoms with E-state index in [4.69, 9.17) is 4.98 Å². The second-order valence-corrected chi connectivity index (χ2v) is 9.48. The highest BCUT2D eigenvalue weighted by atomic mass is 16.3. The molecule has 0 amide bonds. The summed E-state index contributed by atoms with van der Waals surface area (Å²) in [6, 6.07) is 45.1. The van der Waals surface area contributed by atoms with Gasteiger partial charge in [0.25, 0.3) is 0 Å². The Bertz CT molecular complexity index is 1320. The first-order chi connectivity index (χ1) is 18.1. The molecule has 37 heavy (non-hydrogen) atoms. The van der Waals surface area contributed by atoms with E-state index >= 15 is 0 Å².